The fraction of sp³-hybridized carbons (Fsp3) is 0.778. The summed E-state index contributed by atoms with van der Waals surface area (Å²) in [7, 11) is 0. The lowest BCUT2D eigenvalue weighted by molar-refractivity contribution is 0.0838. The summed E-state index contributed by atoms with van der Waals surface area (Å²) < 4.78 is 3.88. The van der Waals surface area contributed by atoms with E-state index >= 15 is 0 Å². The first kappa shape index (κ1) is 10.0. The predicted molar refractivity (Wildman–Crippen MR) is 57.3 cm³/mol. The molecule has 1 aromatic heterocycles. The average Bonchev–Trinajstić information content (AvgIpc) is 2.61. The first-order valence-electron chi connectivity index (χ1n) is 4.90. The molecule has 5 heteroatoms. The number of hydrogen-bond acceptors (Lipinski definition) is 5. The van der Waals surface area contributed by atoms with Crippen LogP contribution in [-0.4, -0.2) is 39.7 Å². The van der Waals surface area contributed by atoms with E-state index in [1.807, 2.05) is 6.20 Å². The molecule has 2 heterocycles. The lowest BCUT2D eigenvalue weighted by atomic mass is 10.0. The van der Waals surface area contributed by atoms with E-state index in [9.17, 15) is 0 Å². The summed E-state index contributed by atoms with van der Waals surface area (Å²) in [4.78, 5) is 3.73. The highest BCUT2D eigenvalue weighted by Gasteiger charge is 2.29. The zero-order chi connectivity index (χ0) is 10.0. The minimum Gasteiger partial charge on any atom is -0.314 e. The molecule has 0 aromatic carbocycles. The largest absolute Gasteiger partial charge is 0.314 e. The Morgan fingerprint density at radius 3 is 3.14 bits per heavy atom. The van der Waals surface area contributed by atoms with Crippen molar-refractivity contribution in [2.75, 3.05) is 19.6 Å². The second-order valence-corrected chi connectivity index (χ2v) is 5.16. The van der Waals surface area contributed by atoms with Crippen LogP contribution in [0.1, 0.15) is 18.7 Å². The Balaban J connectivity index is 2.02. The molecule has 14 heavy (non-hydrogen) atoms. The van der Waals surface area contributed by atoms with E-state index in [1.165, 1.54) is 16.4 Å². The van der Waals surface area contributed by atoms with Gasteiger partial charge >= 0.3 is 0 Å². The summed E-state index contributed by atoms with van der Waals surface area (Å²) in [5.41, 5.74) is 0.238. The highest BCUT2D eigenvalue weighted by Crippen LogP contribution is 2.19. The van der Waals surface area contributed by atoms with Gasteiger partial charge in [0, 0.05) is 31.7 Å². The summed E-state index contributed by atoms with van der Waals surface area (Å²) in [6.07, 6.45) is 1.86. The Bertz CT molecular complexity index is 283. The van der Waals surface area contributed by atoms with Crippen LogP contribution in [0.3, 0.4) is 0 Å². The van der Waals surface area contributed by atoms with Gasteiger partial charge in [-0.05, 0) is 25.4 Å². The van der Waals surface area contributed by atoms with Crippen LogP contribution < -0.4 is 5.32 Å². The van der Waals surface area contributed by atoms with E-state index in [0.717, 1.165) is 26.2 Å². The van der Waals surface area contributed by atoms with Crippen LogP contribution in [0.5, 0.6) is 0 Å². The second kappa shape index (κ2) is 3.92. The van der Waals surface area contributed by atoms with Gasteiger partial charge in [0.2, 0.25) is 0 Å². The van der Waals surface area contributed by atoms with Crippen LogP contribution >= 0.6 is 11.5 Å². The number of aromatic nitrogens is 2. The number of rotatable bonds is 2. The molecule has 1 saturated heterocycles. The van der Waals surface area contributed by atoms with Crippen molar-refractivity contribution in [1.29, 1.82) is 0 Å². The van der Waals surface area contributed by atoms with Crippen LogP contribution in [0.4, 0.5) is 0 Å². The molecule has 0 saturated carbocycles. The molecule has 2 rings (SSSR count). The molecule has 0 amide bonds. The number of hydrogen-bond donors (Lipinski definition) is 1. The topological polar surface area (TPSA) is 41.0 Å². The number of piperazine rings is 1. The van der Waals surface area contributed by atoms with E-state index in [2.05, 4.69) is 33.7 Å². The molecule has 0 atom stereocenters. The molecule has 0 unspecified atom stereocenters. The van der Waals surface area contributed by atoms with Crippen molar-refractivity contribution >= 4 is 11.5 Å². The Morgan fingerprint density at radius 2 is 2.50 bits per heavy atom. The quantitative estimate of drug-likeness (QED) is 0.784. The monoisotopic (exact) mass is 212 g/mol. The fourth-order valence-electron chi connectivity index (χ4n) is 1.76. The van der Waals surface area contributed by atoms with Crippen LogP contribution in [0.25, 0.3) is 0 Å². The normalized spacial score (nSPS) is 22.4. The molecule has 1 aliphatic heterocycles. The van der Waals surface area contributed by atoms with Gasteiger partial charge < -0.3 is 5.32 Å². The van der Waals surface area contributed by atoms with Crippen molar-refractivity contribution in [1.82, 2.24) is 19.8 Å². The van der Waals surface area contributed by atoms with E-state index in [1.54, 1.807) is 0 Å². The maximum atomic E-state index is 3.88. The van der Waals surface area contributed by atoms with Crippen molar-refractivity contribution in [3.8, 4) is 0 Å². The molecule has 4 nitrogen and oxygen atoms in total. The SMILES string of the molecule is CC1(C)CNCCN1Cc1cnns1. The lowest BCUT2D eigenvalue weighted by Gasteiger charge is -2.42. The maximum Gasteiger partial charge on any atom is 0.0666 e. The van der Waals surface area contributed by atoms with Crippen molar-refractivity contribution in [3.63, 3.8) is 0 Å². The molecule has 78 valence electrons. The van der Waals surface area contributed by atoms with Crippen molar-refractivity contribution in [2.24, 2.45) is 0 Å². The molecule has 1 aromatic rings. The Kier molecular flexibility index (Phi) is 2.80. The summed E-state index contributed by atoms with van der Waals surface area (Å²) in [5.74, 6) is 0. The predicted octanol–water partition coefficient (Wildman–Crippen LogP) is 0.722. The summed E-state index contributed by atoms with van der Waals surface area (Å²) in [6.45, 7) is 8.76. The molecule has 0 bridgehead atoms. The first-order chi connectivity index (χ1) is 6.68. The van der Waals surface area contributed by atoms with Gasteiger partial charge in [0.15, 0.2) is 0 Å². The zero-order valence-corrected chi connectivity index (χ0v) is 9.47. The highest BCUT2D eigenvalue weighted by molar-refractivity contribution is 7.05. The zero-order valence-electron chi connectivity index (χ0n) is 8.66. The van der Waals surface area contributed by atoms with E-state index in [0.29, 0.717) is 0 Å². The first-order valence-corrected chi connectivity index (χ1v) is 5.68. The van der Waals surface area contributed by atoms with E-state index in [-0.39, 0.29) is 5.54 Å². The molecular formula is C9H16N4S. The third kappa shape index (κ3) is 2.10. The van der Waals surface area contributed by atoms with Gasteiger partial charge in [-0.1, -0.05) is 4.49 Å². The molecule has 0 aliphatic carbocycles. The number of nitrogens with zero attached hydrogens (tertiary/aromatic N) is 3. The van der Waals surface area contributed by atoms with Gasteiger partial charge in [0.05, 0.1) is 11.1 Å². The molecule has 1 aliphatic rings. The summed E-state index contributed by atoms with van der Waals surface area (Å²) >= 11 is 1.49. The summed E-state index contributed by atoms with van der Waals surface area (Å²) in [5, 5.41) is 7.28. The van der Waals surface area contributed by atoms with Crippen molar-refractivity contribution in [3.05, 3.63) is 11.1 Å². The van der Waals surface area contributed by atoms with Crippen LogP contribution in [0, 0.1) is 0 Å². The van der Waals surface area contributed by atoms with Crippen molar-refractivity contribution in [2.45, 2.75) is 25.9 Å². The third-order valence-electron chi connectivity index (χ3n) is 2.73. The van der Waals surface area contributed by atoms with Crippen LogP contribution in [0.15, 0.2) is 6.20 Å². The van der Waals surface area contributed by atoms with Gasteiger partial charge in [-0.3, -0.25) is 4.90 Å². The minimum atomic E-state index is 0.238. The van der Waals surface area contributed by atoms with E-state index in [4.69, 9.17) is 0 Å². The third-order valence-corrected chi connectivity index (χ3v) is 3.37. The van der Waals surface area contributed by atoms with Gasteiger partial charge in [0.25, 0.3) is 0 Å². The molecule has 0 radical (unpaired) electrons. The fourth-order valence-corrected chi connectivity index (χ4v) is 2.27. The maximum absolute atomic E-state index is 3.88. The molecule has 0 spiro atoms. The molecule has 1 fully saturated rings. The lowest BCUT2D eigenvalue weighted by Crippen LogP contribution is -2.57. The average molecular weight is 212 g/mol. The minimum absolute atomic E-state index is 0.238. The highest BCUT2D eigenvalue weighted by atomic mass is 32.1. The Hall–Kier alpha value is -0.520. The van der Waals surface area contributed by atoms with Gasteiger partial charge in [-0.2, -0.15) is 0 Å². The smallest absolute Gasteiger partial charge is 0.0666 e. The standard InChI is InChI=1S/C9H16N4S/c1-9(2)7-10-3-4-13(9)6-8-5-11-12-14-8/h5,10H,3-4,6-7H2,1-2H3. The molecule has 1 N–H and O–H groups in total. The summed E-state index contributed by atoms with van der Waals surface area (Å²) in [6, 6.07) is 0. The van der Waals surface area contributed by atoms with Crippen LogP contribution in [-0.2, 0) is 6.54 Å². The number of nitrogens with one attached hydrogen (secondary N) is 1. The van der Waals surface area contributed by atoms with Gasteiger partial charge in [-0.15, -0.1) is 5.10 Å². The second-order valence-electron chi connectivity index (χ2n) is 4.29. The Labute approximate surface area is 88.5 Å². The van der Waals surface area contributed by atoms with Crippen LogP contribution in [0.2, 0.25) is 0 Å². The molecular weight excluding hydrogens is 196 g/mol. The Morgan fingerprint density at radius 1 is 1.64 bits per heavy atom. The van der Waals surface area contributed by atoms with E-state index < -0.39 is 0 Å². The van der Waals surface area contributed by atoms with Gasteiger partial charge in [0.1, 0.15) is 0 Å². The van der Waals surface area contributed by atoms with Gasteiger partial charge in [-0.25, -0.2) is 0 Å². The van der Waals surface area contributed by atoms with Crippen molar-refractivity contribution < 1.29 is 0 Å².